The summed E-state index contributed by atoms with van der Waals surface area (Å²) in [6.45, 7) is 12.0. The number of guanidine groups is 1. The molecule has 1 aliphatic rings. The predicted molar refractivity (Wildman–Crippen MR) is 136 cm³/mol. The van der Waals surface area contributed by atoms with Crippen LogP contribution in [0.1, 0.15) is 51.6 Å². The minimum atomic E-state index is 0. The lowest BCUT2D eigenvalue weighted by Gasteiger charge is -2.30. The number of piperidine rings is 1. The van der Waals surface area contributed by atoms with E-state index in [2.05, 4.69) is 65.7 Å². The normalized spacial score (nSPS) is 16.7. The maximum absolute atomic E-state index is 4.85. The summed E-state index contributed by atoms with van der Waals surface area (Å²) in [5.41, 5.74) is 2.29. The van der Waals surface area contributed by atoms with E-state index in [1.165, 1.54) is 44.5 Å². The van der Waals surface area contributed by atoms with E-state index in [4.69, 9.17) is 4.99 Å². The second-order valence-corrected chi connectivity index (χ2v) is 7.84. The van der Waals surface area contributed by atoms with E-state index < -0.39 is 0 Å². The van der Waals surface area contributed by atoms with E-state index in [9.17, 15) is 0 Å². The van der Waals surface area contributed by atoms with Gasteiger partial charge in [0.15, 0.2) is 5.96 Å². The highest BCUT2D eigenvalue weighted by molar-refractivity contribution is 14.0. The van der Waals surface area contributed by atoms with E-state index in [0.29, 0.717) is 0 Å². The Hall–Kier alpha value is -1.61. The van der Waals surface area contributed by atoms with Gasteiger partial charge in [-0.15, -0.1) is 24.0 Å². The topological polar surface area (TPSA) is 57.5 Å². The number of aromatic nitrogens is 2. The average molecular weight is 524 g/mol. The summed E-state index contributed by atoms with van der Waals surface area (Å²) in [5.74, 6) is 1.71. The van der Waals surface area contributed by atoms with Crippen molar-refractivity contribution in [1.82, 2.24) is 25.3 Å². The lowest BCUT2D eigenvalue weighted by Crippen LogP contribution is -2.39. The van der Waals surface area contributed by atoms with Gasteiger partial charge in [-0.1, -0.05) is 19.1 Å². The molecule has 1 aromatic carbocycles. The molecule has 2 heterocycles. The molecule has 1 aromatic heterocycles. The number of halogens is 1. The van der Waals surface area contributed by atoms with Gasteiger partial charge in [-0.2, -0.15) is 5.10 Å². The number of nitrogens with one attached hydrogen (secondary N) is 2. The number of benzene rings is 1. The lowest BCUT2D eigenvalue weighted by atomic mass is 9.94. The molecule has 0 radical (unpaired) electrons. The smallest absolute Gasteiger partial charge is 0.191 e. The van der Waals surface area contributed by atoms with Crippen molar-refractivity contribution in [2.45, 2.75) is 46.1 Å². The Bertz CT molecular complexity index is 753. The van der Waals surface area contributed by atoms with Gasteiger partial charge >= 0.3 is 0 Å². The number of hydrogen-bond acceptors (Lipinski definition) is 3. The molecule has 0 amide bonds. The first-order chi connectivity index (χ1) is 14.2. The average Bonchev–Trinajstić information content (AvgIpc) is 3.29. The van der Waals surface area contributed by atoms with E-state index >= 15 is 0 Å². The third-order valence-electron chi connectivity index (χ3n) is 5.80. The molecule has 2 N–H and O–H groups in total. The molecule has 6 nitrogen and oxygen atoms in total. The first-order valence-corrected chi connectivity index (χ1v) is 11.1. The van der Waals surface area contributed by atoms with Crippen molar-refractivity contribution < 1.29 is 0 Å². The summed E-state index contributed by atoms with van der Waals surface area (Å²) in [4.78, 5) is 7.39. The van der Waals surface area contributed by atoms with Gasteiger partial charge in [0.05, 0.1) is 11.7 Å². The van der Waals surface area contributed by atoms with Crippen LogP contribution in [0.3, 0.4) is 0 Å². The molecular weight excluding hydrogens is 487 g/mol. The zero-order chi connectivity index (χ0) is 20.5. The van der Waals surface area contributed by atoms with E-state index in [-0.39, 0.29) is 30.0 Å². The number of rotatable bonds is 8. The first kappa shape index (κ1) is 24.7. The van der Waals surface area contributed by atoms with Crippen molar-refractivity contribution in [2.24, 2.45) is 10.9 Å². The fraction of sp³-hybridized carbons (Fsp3) is 0.565. The van der Waals surface area contributed by atoms with Crippen molar-refractivity contribution in [3.8, 4) is 5.69 Å². The number of aliphatic imine (C=N–C) groups is 1. The van der Waals surface area contributed by atoms with Crippen LogP contribution in [-0.2, 0) is 0 Å². The van der Waals surface area contributed by atoms with Gasteiger partial charge in [0.25, 0.3) is 0 Å². The highest BCUT2D eigenvalue weighted by Gasteiger charge is 2.17. The molecular formula is C23H37IN6. The fourth-order valence-electron chi connectivity index (χ4n) is 3.92. The summed E-state index contributed by atoms with van der Waals surface area (Å²) >= 11 is 0. The monoisotopic (exact) mass is 524 g/mol. The van der Waals surface area contributed by atoms with Gasteiger partial charge < -0.3 is 15.5 Å². The van der Waals surface area contributed by atoms with Crippen LogP contribution in [0.2, 0.25) is 0 Å². The van der Waals surface area contributed by atoms with Gasteiger partial charge in [-0.3, -0.25) is 4.99 Å². The Labute approximate surface area is 198 Å². The molecule has 1 unspecified atom stereocenters. The minimum absolute atomic E-state index is 0. The standard InChI is InChI=1S/C23H36N6.HI/c1-4-24-23(25-14-10-20-11-16-28(5-2)17-12-20)27-19(3)21-8-6-9-22(18-21)29-15-7-13-26-29;/h6-9,13,15,18-20H,4-5,10-12,14,16-17H2,1-3H3,(H2,24,25,27);1H. The molecule has 0 bridgehead atoms. The Morgan fingerprint density at radius 3 is 2.70 bits per heavy atom. The third kappa shape index (κ3) is 7.27. The van der Waals surface area contributed by atoms with E-state index in [0.717, 1.165) is 30.7 Å². The summed E-state index contributed by atoms with van der Waals surface area (Å²) < 4.78 is 1.89. The van der Waals surface area contributed by atoms with Crippen LogP contribution in [0.25, 0.3) is 5.69 Å². The van der Waals surface area contributed by atoms with Gasteiger partial charge in [0.2, 0.25) is 0 Å². The first-order valence-electron chi connectivity index (χ1n) is 11.1. The van der Waals surface area contributed by atoms with Crippen LogP contribution in [-0.4, -0.2) is 53.4 Å². The highest BCUT2D eigenvalue weighted by Crippen LogP contribution is 2.20. The van der Waals surface area contributed by atoms with Crippen LogP contribution in [0.15, 0.2) is 47.7 Å². The summed E-state index contributed by atoms with van der Waals surface area (Å²) in [6.07, 6.45) is 7.56. The van der Waals surface area contributed by atoms with Crippen molar-refractivity contribution in [1.29, 1.82) is 0 Å². The number of likely N-dealkylation sites (tertiary alicyclic amines) is 1. The maximum atomic E-state index is 4.85. The number of nitrogens with zero attached hydrogens (tertiary/aromatic N) is 4. The van der Waals surface area contributed by atoms with Gasteiger partial charge in [-0.05, 0) is 82.4 Å². The Kier molecular flexibility index (Phi) is 10.6. The van der Waals surface area contributed by atoms with E-state index in [1.807, 2.05) is 16.9 Å². The molecule has 3 rings (SSSR count). The Morgan fingerprint density at radius 1 is 1.23 bits per heavy atom. The number of hydrogen-bond donors (Lipinski definition) is 2. The van der Waals surface area contributed by atoms with Crippen LogP contribution in [0.5, 0.6) is 0 Å². The van der Waals surface area contributed by atoms with Crippen molar-refractivity contribution in [2.75, 3.05) is 32.7 Å². The van der Waals surface area contributed by atoms with Crippen molar-refractivity contribution in [3.63, 3.8) is 0 Å². The molecule has 7 heteroatoms. The molecule has 30 heavy (non-hydrogen) atoms. The summed E-state index contributed by atoms with van der Waals surface area (Å²) in [5, 5.41) is 11.3. The summed E-state index contributed by atoms with van der Waals surface area (Å²) in [6, 6.07) is 10.6. The maximum Gasteiger partial charge on any atom is 0.191 e. The quantitative estimate of drug-likeness (QED) is 0.309. The Morgan fingerprint density at radius 2 is 2.03 bits per heavy atom. The largest absolute Gasteiger partial charge is 0.357 e. The molecule has 1 saturated heterocycles. The SMILES string of the molecule is CCNC(=NCCC1CCN(CC)CC1)NC(C)c1cccc(-n2cccn2)c1.I. The van der Waals surface area contributed by atoms with Crippen molar-refractivity contribution in [3.05, 3.63) is 48.3 Å². The molecule has 166 valence electrons. The van der Waals surface area contributed by atoms with Crippen LogP contribution >= 0.6 is 24.0 Å². The molecule has 0 saturated carbocycles. The highest BCUT2D eigenvalue weighted by atomic mass is 127. The summed E-state index contributed by atoms with van der Waals surface area (Å²) in [7, 11) is 0. The van der Waals surface area contributed by atoms with Crippen LogP contribution in [0.4, 0.5) is 0 Å². The van der Waals surface area contributed by atoms with Gasteiger partial charge in [-0.25, -0.2) is 4.68 Å². The zero-order valence-electron chi connectivity index (χ0n) is 18.6. The van der Waals surface area contributed by atoms with Crippen molar-refractivity contribution >= 4 is 29.9 Å². The van der Waals surface area contributed by atoms with Crippen LogP contribution in [0, 0.1) is 5.92 Å². The second kappa shape index (κ2) is 12.9. The van der Waals surface area contributed by atoms with Gasteiger partial charge in [0, 0.05) is 25.5 Å². The second-order valence-electron chi connectivity index (χ2n) is 7.84. The lowest BCUT2D eigenvalue weighted by molar-refractivity contribution is 0.188. The Balaban J connectivity index is 0.00000320. The van der Waals surface area contributed by atoms with Gasteiger partial charge in [0.1, 0.15) is 0 Å². The predicted octanol–water partition coefficient (Wildman–Crippen LogP) is 4.23. The third-order valence-corrected chi connectivity index (χ3v) is 5.80. The molecule has 1 aliphatic heterocycles. The van der Waals surface area contributed by atoms with E-state index in [1.54, 1.807) is 6.20 Å². The molecule has 0 aliphatic carbocycles. The molecule has 2 aromatic rings. The minimum Gasteiger partial charge on any atom is -0.357 e. The zero-order valence-corrected chi connectivity index (χ0v) is 20.9. The molecule has 0 spiro atoms. The molecule has 1 atom stereocenters. The van der Waals surface area contributed by atoms with Crippen LogP contribution < -0.4 is 10.6 Å². The molecule has 1 fully saturated rings. The fourth-order valence-corrected chi connectivity index (χ4v) is 3.92.